The van der Waals surface area contributed by atoms with Gasteiger partial charge in [0.05, 0.1) is 16.6 Å². The van der Waals surface area contributed by atoms with Crippen LogP contribution in [0.25, 0.3) is 10.2 Å². The van der Waals surface area contributed by atoms with Crippen molar-refractivity contribution in [3.8, 4) is 11.5 Å². The number of fused-ring (bicyclic) bond motifs is 1. The maximum Gasteiger partial charge on any atom is 0.167 e. The van der Waals surface area contributed by atoms with Gasteiger partial charge in [-0.05, 0) is 37.5 Å². The third-order valence-corrected chi connectivity index (χ3v) is 5.86. The van der Waals surface area contributed by atoms with E-state index in [1.54, 1.807) is 23.6 Å². The Balaban J connectivity index is 1.55. The number of thiophene rings is 1. The number of ether oxygens (including phenoxy) is 1. The molecule has 0 N–H and O–H groups in total. The minimum absolute atomic E-state index is 0.0195. The number of pyridine rings is 1. The van der Waals surface area contributed by atoms with Crippen LogP contribution in [0.4, 0.5) is 10.1 Å². The lowest BCUT2D eigenvalue weighted by molar-refractivity contribution is 0.338. The van der Waals surface area contributed by atoms with E-state index in [1.807, 2.05) is 12.4 Å². The molecule has 1 unspecified atom stereocenters. The van der Waals surface area contributed by atoms with Crippen LogP contribution in [0.5, 0.6) is 11.5 Å². The molecular weight excluding hydrogens is 393 g/mol. The van der Waals surface area contributed by atoms with E-state index in [9.17, 15) is 9.30 Å². The summed E-state index contributed by atoms with van der Waals surface area (Å²) in [5, 5.41) is 2.73. The molecule has 0 fully saturated rings. The predicted molar refractivity (Wildman–Crippen MR) is 113 cm³/mol. The van der Waals surface area contributed by atoms with Crippen LogP contribution in [0.1, 0.15) is 10.9 Å². The van der Waals surface area contributed by atoms with Gasteiger partial charge in [-0.15, -0.1) is 16.2 Å². The summed E-state index contributed by atoms with van der Waals surface area (Å²) in [5.74, 6) is -0.0854. The number of benzene rings is 1. The lowest BCUT2D eigenvalue weighted by Gasteiger charge is -2.18. The summed E-state index contributed by atoms with van der Waals surface area (Å²) in [7, 11) is 4.10. The van der Waals surface area contributed by atoms with Crippen molar-refractivity contribution < 1.29 is 9.13 Å². The molecule has 9 heteroatoms. The summed E-state index contributed by atoms with van der Waals surface area (Å²) in [6, 6.07) is 7.64. The number of hydrogen-bond acceptors (Lipinski definition) is 8. The zero-order chi connectivity index (χ0) is 20.4. The van der Waals surface area contributed by atoms with E-state index in [2.05, 4.69) is 39.0 Å². The molecule has 0 radical (unpaired) electrons. The molecule has 1 aromatic carbocycles. The van der Waals surface area contributed by atoms with Crippen molar-refractivity contribution in [2.75, 3.05) is 33.7 Å². The fourth-order valence-electron chi connectivity index (χ4n) is 3.06. The molecule has 0 aliphatic carbocycles. The molecule has 0 amide bonds. The Bertz CT molecular complexity index is 1070. The molecule has 29 heavy (non-hydrogen) atoms. The van der Waals surface area contributed by atoms with E-state index < -0.39 is 5.82 Å². The van der Waals surface area contributed by atoms with Gasteiger partial charge in [0.1, 0.15) is 17.5 Å². The Morgan fingerprint density at radius 2 is 2.17 bits per heavy atom. The Morgan fingerprint density at radius 1 is 1.31 bits per heavy atom. The normalized spacial score (nSPS) is 16.1. The zero-order valence-electron chi connectivity index (χ0n) is 16.1. The van der Waals surface area contributed by atoms with E-state index in [-0.39, 0.29) is 17.5 Å². The fraction of sp³-hybridized carbons (Fsp3) is 0.300. The number of likely N-dealkylation sites (N-methyl/N-ethyl adjacent to an activating group) is 1. The quantitative estimate of drug-likeness (QED) is 0.531. The number of hydrogen-bond donors (Lipinski definition) is 0. The summed E-state index contributed by atoms with van der Waals surface area (Å²) < 4.78 is 20.8. The molecule has 1 aliphatic rings. The van der Waals surface area contributed by atoms with E-state index in [0.29, 0.717) is 5.75 Å². The molecular formula is C20H20FN5O2S. The summed E-state index contributed by atoms with van der Waals surface area (Å²) in [6.07, 6.45) is 3.54. The minimum Gasteiger partial charge on any atom is -0.453 e. The smallest absolute Gasteiger partial charge is 0.167 e. The van der Waals surface area contributed by atoms with Crippen LogP contribution in [0.15, 0.2) is 46.7 Å². The second-order valence-corrected chi connectivity index (χ2v) is 8.14. The molecule has 150 valence electrons. The highest BCUT2D eigenvalue weighted by Gasteiger charge is 2.22. The first kappa shape index (κ1) is 19.4. The number of nitrogens with zero attached hydrogens (tertiary/aromatic N) is 5. The van der Waals surface area contributed by atoms with Crippen molar-refractivity contribution in [1.82, 2.24) is 14.8 Å². The summed E-state index contributed by atoms with van der Waals surface area (Å²) in [6.45, 7) is 2.72. The Hall–Kier alpha value is -2.91. The van der Waals surface area contributed by atoms with Gasteiger partial charge < -0.3 is 14.5 Å². The Labute approximate surface area is 171 Å². The van der Waals surface area contributed by atoms with E-state index in [1.165, 1.54) is 12.1 Å². The van der Waals surface area contributed by atoms with Crippen molar-refractivity contribution in [3.05, 3.63) is 52.1 Å². The molecule has 2 aromatic heterocycles. The fourth-order valence-corrected chi connectivity index (χ4v) is 4.16. The van der Waals surface area contributed by atoms with Crippen molar-refractivity contribution in [1.29, 1.82) is 0 Å². The van der Waals surface area contributed by atoms with Crippen molar-refractivity contribution in [2.45, 2.75) is 6.04 Å². The predicted octanol–water partition coefficient (Wildman–Crippen LogP) is 4.57. The highest BCUT2D eigenvalue weighted by molar-refractivity contribution is 7.19. The molecule has 0 saturated heterocycles. The highest BCUT2D eigenvalue weighted by Crippen LogP contribution is 2.39. The van der Waals surface area contributed by atoms with Crippen LogP contribution in [0.3, 0.4) is 0 Å². The van der Waals surface area contributed by atoms with Gasteiger partial charge >= 0.3 is 0 Å². The van der Waals surface area contributed by atoms with Gasteiger partial charge in [0.2, 0.25) is 0 Å². The first-order chi connectivity index (χ1) is 14.0. The number of nitroso groups, excluding NO2 is 1. The minimum atomic E-state index is -0.638. The second-order valence-electron chi connectivity index (χ2n) is 7.06. The van der Waals surface area contributed by atoms with Crippen molar-refractivity contribution >= 4 is 33.6 Å². The third-order valence-electron chi connectivity index (χ3n) is 4.62. The van der Waals surface area contributed by atoms with Crippen LogP contribution in [-0.4, -0.2) is 54.9 Å². The molecule has 4 rings (SSSR count). The maximum absolute atomic E-state index is 14.2. The first-order valence-corrected chi connectivity index (χ1v) is 9.96. The molecule has 0 bridgehead atoms. The summed E-state index contributed by atoms with van der Waals surface area (Å²) in [4.78, 5) is 25.0. The molecule has 1 atom stereocenters. The van der Waals surface area contributed by atoms with E-state index >= 15 is 0 Å². The van der Waals surface area contributed by atoms with Crippen LogP contribution in [0.2, 0.25) is 0 Å². The monoisotopic (exact) mass is 413 g/mol. The summed E-state index contributed by atoms with van der Waals surface area (Å²) >= 11 is 1.55. The second kappa shape index (κ2) is 8.22. The standard InChI is InChI=1S/C20H20FN5O2S/c1-25(2)7-8-26-11-16(23-12-26)19-10-15-20(29-19)18(5-6-22-15)28-17-4-3-13(24-27)9-14(17)21/h3-6,9-10,12,16H,7-8,11H2,1-2H3. The van der Waals surface area contributed by atoms with Crippen LogP contribution in [-0.2, 0) is 0 Å². The average molecular weight is 413 g/mol. The van der Waals surface area contributed by atoms with E-state index in [4.69, 9.17) is 4.74 Å². The van der Waals surface area contributed by atoms with Gasteiger partial charge in [-0.2, -0.15) is 0 Å². The molecule has 3 heterocycles. The van der Waals surface area contributed by atoms with Gasteiger partial charge in [-0.25, -0.2) is 4.39 Å². The lowest BCUT2D eigenvalue weighted by atomic mass is 10.2. The SMILES string of the molecule is CN(C)CCN1C=NC(c2cc3nccc(Oc4ccc(N=O)cc4F)c3s2)C1. The summed E-state index contributed by atoms with van der Waals surface area (Å²) in [5.41, 5.74) is 0.807. The third kappa shape index (κ3) is 4.25. The maximum atomic E-state index is 14.2. The van der Waals surface area contributed by atoms with Gasteiger partial charge in [-0.1, -0.05) is 0 Å². The zero-order valence-corrected chi connectivity index (χ0v) is 16.9. The first-order valence-electron chi connectivity index (χ1n) is 9.15. The molecule has 1 aliphatic heterocycles. The van der Waals surface area contributed by atoms with Crippen LogP contribution >= 0.6 is 11.3 Å². The van der Waals surface area contributed by atoms with Crippen LogP contribution in [0, 0.1) is 10.7 Å². The van der Waals surface area contributed by atoms with Gasteiger partial charge in [0, 0.05) is 42.8 Å². The number of rotatable bonds is 7. The van der Waals surface area contributed by atoms with E-state index in [0.717, 1.165) is 40.8 Å². The average Bonchev–Trinajstić information content (AvgIpc) is 3.35. The number of aliphatic imine (C=N–C) groups is 1. The van der Waals surface area contributed by atoms with Crippen molar-refractivity contribution in [2.24, 2.45) is 10.2 Å². The van der Waals surface area contributed by atoms with Gasteiger partial charge in [0.15, 0.2) is 11.6 Å². The molecule has 0 spiro atoms. The molecule has 7 nitrogen and oxygen atoms in total. The molecule has 3 aromatic rings. The topological polar surface area (TPSA) is 70.4 Å². The number of aromatic nitrogens is 1. The molecule has 0 saturated carbocycles. The lowest BCUT2D eigenvalue weighted by Crippen LogP contribution is -2.29. The van der Waals surface area contributed by atoms with Crippen molar-refractivity contribution in [3.63, 3.8) is 0 Å². The largest absolute Gasteiger partial charge is 0.453 e. The number of halogens is 1. The van der Waals surface area contributed by atoms with Crippen LogP contribution < -0.4 is 4.74 Å². The van der Waals surface area contributed by atoms with Gasteiger partial charge in [0.25, 0.3) is 0 Å². The highest BCUT2D eigenvalue weighted by atomic mass is 32.1. The Morgan fingerprint density at radius 3 is 2.93 bits per heavy atom. The van der Waals surface area contributed by atoms with Gasteiger partial charge in [-0.3, -0.25) is 9.98 Å². The Kier molecular flexibility index (Phi) is 5.50.